The van der Waals surface area contributed by atoms with E-state index in [1.54, 1.807) is 11.3 Å². The van der Waals surface area contributed by atoms with Crippen LogP contribution in [0.2, 0.25) is 0 Å². The van der Waals surface area contributed by atoms with Gasteiger partial charge < -0.3 is 4.74 Å². The predicted octanol–water partition coefficient (Wildman–Crippen LogP) is 2.85. The van der Waals surface area contributed by atoms with Gasteiger partial charge in [-0.15, -0.1) is 11.3 Å². The van der Waals surface area contributed by atoms with Crippen molar-refractivity contribution < 1.29 is 4.74 Å². The highest BCUT2D eigenvalue weighted by atomic mass is 32.1. The van der Waals surface area contributed by atoms with Crippen LogP contribution in [0.4, 0.5) is 0 Å². The molecule has 0 unspecified atom stereocenters. The second kappa shape index (κ2) is 6.00. The summed E-state index contributed by atoms with van der Waals surface area (Å²) in [4.78, 5) is 8.52. The van der Waals surface area contributed by atoms with Crippen LogP contribution in [0.5, 0.6) is 0 Å². The van der Waals surface area contributed by atoms with Crippen molar-refractivity contribution in [3.05, 3.63) is 33.5 Å². The summed E-state index contributed by atoms with van der Waals surface area (Å²) in [7, 11) is 1.97. The van der Waals surface area contributed by atoms with E-state index < -0.39 is 0 Å². The van der Waals surface area contributed by atoms with Crippen LogP contribution < -0.4 is 0 Å². The minimum Gasteiger partial charge on any atom is -0.366 e. The summed E-state index contributed by atoms with van der Waals surface area (Å²) in [5.41, 5.74) is 2.44. The lowest BCUT2D eigenvalue weighted by atomic mass is 9.92. The molecular formula is C17H24N4OS. The number of thiazole rings is 1. The zero-order valence-corrected chi connectivity index (χ0v) is 14.8. The molecule has 23 heavy (non-hydrogen) atoms. The molecule has 0 saturated carbocycles. The van der Waals surface area contributed by atoms with Gasteiger partial charge in [-0.05, 0) is 39.2 Å². The summed E-state index contributed by atoms with van der Waals surface area (Å²) in [6.07, 6.45) is 7.00. The molecule has 2 aliphatic rings. The first-order chi connectivity index (χ1) is 11.1. The van der Waals surface area contributed by atoms with Gasteiger partial charge in [-0.25, -0.2) is 4.98 Å². The molecule has 0 aliphatic carbocycles. The normalized spacial score (nSPS) is 28.2. The quantitative estimate of drug-likeness (QED) is 0.867. The Morgan fingerprint density at radius 1 is 1.39 bits per heavy atom. The van der Waals surface area contributed by atoms with Gasteiger partial charge in [0, 0.05) is 36.8 Å². The smallest absolute Gasteiger partial charge is 0.122 e. The van der Waals surface area contributed by atoms with Gasteiger partial charge in [-0.2, -0.15) is 5.10 Å². The Bertz CT molecular complexity index is 675. The third kappa shape index (κ3) is 3.07. The standard InChI is InChI=1S/C17H24N4OS/c1-11-12(2)23-17(19-11)15-6-14-4-5-21(10-16(14)22-15)9-13-7-18-20(3)8-13/h7-8,14-16H,4-6,9-10H2,1-3H3/t14-,15-,16+/m1/s1. The van der Waals surface area contributed by atoms with Crippen LogP contribution in [0.15, 0.2) is 12.4 Å². The number of aromatic nitrogens is 3. The second-order valence-corrected chi connectivity index (χ2v) is 8.13. The third-order valence-electron chi connectivity index (χ3n) is 5.12. The van der Waals surface area contributed by atoms with Crippen molar-refractivity contribution in [1.29, 1.82) is 0 Å². The minimum atomic E-state index is 0.209. The topological polar surface area (TPSA) is 43.2 Å². The maximum atomic E-state index is 6.38. The number of nitrogens with zero attached hydrogens (tertiary/aromatic N) is 4. The number of ether oxygens (including phenoxy) is 1. The number of piperidine rings is 1. The van der Waals surface area contributed by atoms with Crippen molar-refractivity contribution in [1.82, 2.24) is 19.7 Å². The maximum Gasteiger partial charge on any atom is 0.122 e. The lowest BCUT2D eigenvalue weighted by Crippen LogP contribution is -2.41. The molecule has 2 aromatic rings. The number of fused-ring (bicyclic) bond motifs is 1. The van der Waals surface area contributed by atoms with Crippen LogP contribution in [-0.2, 0) is 18.3 Å². The zero-order valence-electron chi connectivity index (χ0n) is 14.0. The molecule has 3 atom stereocenters. The molecule has 2 aliphatic heterocycles. The van der Waals surface area contributed by atoms with E-state index in [0.29, 0.717) is 12.0 Å². The summed E-state index contributed by atoms with van der Waals surface area (Å²) in [5.74, 6) is 0.690. The van der Waals surface area contributed by atoms with E-state index in [0.717, 1.165) is 31.7 Å². The largest absolute Gasteiger partial charge is 0.366 e. The maximum absolute atomic E-state index is 6.38. The Kier molecular flexibility index (Phi) is 3.99. The molecule has 2 saturated heterocycles. The lowest BCUT2D eigenvalue weighted by molar-refractivity contribution is -0.00942. The Morgan fingerprint density at radius 2 is 2.26 bits per heavy atom. The number of hydrogen-bond donors (Lipinski definition) is 0. The van der Waals surface area contributed by atoms with Crippen LogP contribution in [0, 0.1) is 19.8 Å². The average molecular weight is 332 g/mol. The molecule has 0 radical (unpaired) electrons. The first kappa shape index (κ1) is 15.3. The van der Waals surface area contributed by atoms with Gasteiger partial charge >= 0.3 is 0 Å². The van der Waals surface area contributed by atoms with Gasteiger partial charge in [0.1, 0.15) is 11.1 Å². The van der Waals surface area contributed by atoms with Gasteiger partial charge in [0.05, 0.1) is 18.0 Å². The number of likely N-dealkylation sites (tertiary alicyclic amines) is 1. The molecule has 0 bridgehead atoms. The molecule has 6 heteroatoms. The zero-order chi connectivity index (χ0) is 16.0. The third-order valence-corrected chi connectivity index (χ3v) is 6.29. The molecule has 4 rings (SSSR count). The van der Waals surface area contributed by atoms with E-state index in [-0.39, 0.29) is 6.10 Å². The summed E-state index contributed by atoms with van der Waals surface area (Å²) in [6, 6.07) is 0. The van der Waals surface area contributed by atoms with Crippen molar-refractivity contribution >= 4 is 11.3 Å². The average Bonchev–Trinajstić information content (AvgIpc) is 3.19. The highest BCUT2D eigenvalue weighted by Crippen LogP contribution is 2.42. The highest BCUT2D eigenvalue weighted by molar-refractivity contribution is 7.11. The van der Waals surface area contributed by atoms with Crippen molar-refractivity contribution in [3.8, 4) is 0 Å². The summed E-state index contributed by atoms with van der Waals surface area (Å²) in [5, 5.41) is 5.44. The first-order valence-electron chi connectivity index (χ1n) is 8.38. The van der Waals surface area contributed by atoms with Gasteiger partial charge in [-0.3, -0.25) is 9.58 Å². The SMILES string of the molecule is Cc1nc([C@H]2C[C@H]3CCN(Cc4cnn(C)c4)C[C@@H]3O2)sc1C. The van der Waals surface area contributed by atoms with Crippen molar-refractivity contribution in [2.24, 2.45) is 13.0 Å². The Hall–Kier alpha value is -1.24. The van der Waals surface area contributed by atoms with Crippen molar-refractivity contribution in [2.75, 3.05) is 13.1 Å². The number of rotatable bonds is 3. The Morgan fingerprint density at radius 3 is 2.96 bits per heavy atom. The summed E-state index contributed by atoms with van der Waals surface area (Å²) >= 11 is 1.80. The van der Waals surface area contributed by atoms with E-state index in [1.165, 1.54) is 21.9 Å². The van der Waals surface area contributed by atoms with Crippen LogP contribution in [0.25, 0.3) is 0 Å². The summed E-state index contributed by atoms with van der Waals surface area (Å²) in [6.45, 7) is 7.39. The van der Waals surface area contributed by atoms with E-state index in [2.05, 4.69) is 30.0 Å². The molecule has 2 fully saturated rings. The Balaban J connectivity index is 1.40. The highest BCUT2D eigenvalue weighted by Gasteiger charge is 2.40. The number of aryl methyl sites for hydroxylation is 3. The van der Waals surface area contributed by atoms with Crippen molar-refractivity contribution in [2.45, 2.75) is 45.4 Å². The molecule has 2 aromatic heterocycles. The molecular weight excluding hydrogens is 308 g/mol. The summed E-state index contributed by atoms with van der Waals surface area (Å²) < 4.78 is 8.25. The molecule has 0 aromatic carbocycles. The van der Waals surface area contributed by atoms with Crippen LogP contribution >= 0.6 is 11.3 Å². The molecule has 0 amide bonds. The second-order valence-electron chi connectivity index (χ2n) is 6.90. The van der Waals surface area contributed by atoms with Crippen LogP contribution in [-0.4, -0.2) is 38.9 Å². The van der Waals surface area contributed by atoms with Crippen LogP contribution in [0.3, 0.4) is 0 Å². The number of hydrogen-bond acceptors (Lipinski definition) is 5. The monoisotopic (exact) mass is 332 g/mol. The van der Waals surface area contributed by atoms with Gasteiger partial charge in [0.25, 0.3) is 0 Å². The van der Waals surface area contributed by atoms with Crippen LogP contribution in [0.1, 0.15) is 40.1 Å². The van der Waals surface area contributed by atoms with E-state index in [4.69, 9.17) is 9.72 Å². The fourth-order valence-electron chi connectivity index (χ4n) is 3.74. The van der Waals surface area contributed by atoms with E-state index in [1.807, 2.05) is 17.9 Å². The molecule has 5 nitrogen and oxygen atoms in total. The minimum absolute atomic E-state index is 0.209. The van der Waals surface area contributed by atoms with Gasteiger partial charge in [0.15, 0.2) is 0 Å². The van der Waals surface area contributed by atoms with Crippen molar-refractivity contribution in [3.63, 3.8) is 0 Å². The fraction of sp³-hybridized carbons (Fsp3) is 0.647. The first-order valence-corrected chi connectivity index (χ1v) is 9.19. The molecule has 4 heterocycles. The predicted molar refractivity (Wildman–Crippen MR) is 90.4 cm³/mol. The van der Waals surface area contributed by atoms with Gasteiger partial charge in [-0.1, -0.05) is 0 Å². The molecule has 0 N–H and O–H groups in total. The molecule has 124 valence electrons. The molecule has 0 spiro atoms. The van der Waals surface area contributed by atoms with E-state index in [9.17, 15) is 0 Å². The fourth-order valence-corrected chi connectivity index (χ4v) is 4.72. The lowest BCUT2D eigenvalue weighted by Gasteiger charge is -2.33. The van der Waals surface area contributed by atoms with Gasteiger partial charge in [0.2, 0.25) is 0 Å². The Labute approximate surface area is 141 Å². The van der Waals surface area contributed by atoms with E-state index >= 15 is 0 Å².